The van der Waals surface area contributed by atoms with Gasteiger partial charge >= 0.3 is 0 Å². The van der Waals surface area contributed by atoms with Gasteiger partial charge in [-0.05, 0) is 75.1 Å². The minimum Gasteiger partial charge on any atom is -0.358 e. The van der Waals surface area contributed by atoms with Crippen molar-refractivity contribution in [2.45, 2.75) is 59.3 Å². The van der Waals surface area contributed by atoms with Gasteiger partial charge in [-0.25, -0.2) is 14.8 Å². The molecule has 2 unspecified atom stereocenters. The Morgan fingerprint density at radius 2 is 1.97 bits per heavy atom. The zero-order valence-electron chi connectivity index (χ0n) is 21.7. The second-order valence-electron chi connectivity index (χ2n) is 10.5. The fourth-order valence-electron chi connectivity index (χ4n) is 5.65. The number of aliphatic imine (C=N–C) groups is 1. The van der Waals surface area contributed by atoms with Crippen LogP contribution in [0.25, 0.3) is 10.9 Å². The molecule has 5 nitrogen and oxygen atoms in total. The first kappa shape index (κ1) is 25.2. The number of hydrogen-bond acceptors (Lipinski definition) is 3. The number of rotatable bonds is 3. The van der Waals surface area contributed by atoms with Crippen molar-refractivity contribution in [1.29, 1.82) is 5.26 Å². The molecule has 3 fully saturated rings. The molecule has 0 radical (unpaired) electrons. The summed E-state index contributed by atoms with van der Waals surface area (Å²) in [6, 6.07) is 5.97. The number of amidine groups is 1. The zero-order valence-corrected chi connectivity index (χ0v) is 21.7. The number of halogens is 1. The van der Waals surface area contributed by atoms with E-state index in [0.717, 1.165) is 46.3 Å². The second-order valence-corrected chi connectivity index (χ2v) is 10.5. The van der Waals surface area contributed by atoms with Crippen molar-refractivity contribution in [3.63, 3.8) is 0 Å². The van der Waals surface area contributed by atoms with E-state index >= 15 is 0 Å². The maximum Gasteiger partial charge on any atom is 0.152 e. The van der Waals surface area contributed by atoms with Crippen molar-refractivity contribution < 1.29 is 4.39 Å². The highest BCUT2D eigenvalue weighted by atomic mass is 19.1. The number of nitrogens with zero attached hydrogens (tertiary/aromatic N) is 3. The Morgan fingerprint density at radius 3 is 2.57 bits per heavy atom. The van der Waals surface area contributed by atoms with Gasteiger partial charge in [0.15, 0.2) is 5.84 Å². The molecule has 4 aliphatic carbocycles. The molecule has 2 atom stereocenters. The number of hydrogen-bond donors (Lipinski definition) is 2. The van der Waals surface area contributed by atoms with E-state index in [4.69, 9.17) is 10.3 Å². The van der Waals surface area contributed by atoms with Crippen LogP contribution in [0.15, 0.2) is 46.7 Å². The molecule has 2 N–H and O–H groups in total. The van der Waals surface area contributed by atoms with Crippen LogP contribution in [-0.2, 0) is 0 Å². The topological polar surface area (TPSA) is 67.2 Å². The van der Waals surface area contributed by atoms with Gasteiger partial charge in [-0.2, -0.15) is 5.26 Å². The molecule has 1 aromatic carbocycles. The first-order valence-electron chi connectivity index (χ1n) is 12.9. The largest absolute Gasteiger partial charge is 0.358 e. The van der Waals surface area contributed by atoms with Crippen LogP contribution in [0.1, 0.15) is 63.5 Å². The maximum atomic E-state index is 14.3. The SMILES string of the molecule is CNN(C)C(=NC1=CC(C)=CCC1C)c1c[nH]c2c(F)cc(C)cc12.N#CC1CC2CCC1CC2. The summed E-state index contributed by atoms with van der Waals surface area (Å²) in [5.74, 6) is 2.99. The van der Waals surface area contributed by atoms with Crippen molar-refractivity contribution in [2.24, 2.45) is 28.7 Å². The van der Waals surface area contributed by atoms with Gasteiger partial charge in [-0.3, -0.25) is 5.01 Å². The lowest BCUT2D eigenvalue weighted by atomic mass is 9.65. The van der Waals surface area contributed by atoms with E-state index in [2.05, 4.69) is 42.5 Å². The first-order valence-corrected chi connectivity index (χ1v) is 12.9. The van der Waals surface area contributed by atoms with Crippen LogP contribution in [0.2, 0.25) is 0 Å². The Hall–Kier alpha value is -2.91. The molecule has 2 aromatic rings. The number of aromatic nitrogens is 1. The van der Waals surface area contributed by atoms with Crippen LogP contribution in [-0.4, -0.2) is 29.9 Å². The van der Waals surface area contributed by atoms with Crippen LogP contribution in [0, 0.1) is 47.7 Å². The molecule has 4 aliphatic rings. The molecule has 2 bridgehead atoms. The summed E-state index contributed by atoms with van der Waals surface area (Å²) in [4.78, 5) is 8.01. The van der Waals surface area contributed by atoms with Gasteiger partial charge in [0.05, 0.1) is 11.6 Å². The van der Waals surface area contributed by atoms with Gasteiger partial charge in [0.25, 0.3) is 0 Å². The summed E-state index contributed by atoms with van der Waals surface area (Å²) in [5.41, 5.74) is 7.67. The fraction of sp³-hybridized carbons (Fsp3) is 0.517. The molecule has 0 aliphatic heterocycles. The predicted molar refractivity (Wildman–Crippen MR) is 141 cm³/mol. The van der Waals surface area contributed by atoms with Gasteiger partial charge < -0.3 is 4.98 Å². The molecule has 0 amide bonds. The Kier molecular flexibility index (Phi) is 7.76. The molecule has 186 valence electrons. The number of benzene rings is 1. The molecular formula is C29H38FN5. The van der Waals surface area contributed by atoms with Crippen LogP contribution < -0.4 is 5.43 Å². The Labute approximate surface area is 208 Å². The number of hydrazine groups is 1. The summed E-state index contributed by atoms with van der Waals surface area (Å²) >= 11 is 0. The average Bonchev–Trinajstić information content (AvgIpc) is 3.29. The Morgan fingerprint density at radius 1 is 1.23 bits per heavy atom. The van der Waals surface area contributed by atoms with Gasteiger partial charge in [-0.1, -0.05) is 31.4 Å². The van der Waals surface area contributed by atoms with Crippen molar-refractivity contribution >= 4 is 16.7 Å². The standard InChI is InChI=1S/C20H25FN4.C9H13N/c1-12-6-7-14(3)18(10-12)24-20(25(5)22-4)16-11-23-19-15(16)8-13(2)9-17(19)21;10-6-9-5-7-1-3-8(9)4-2-7/h6,8-11,14,22-23H,7H2,1-5H3;7-9H,1-5H2. The first-order chi connectivity index (χ1) is 16.8. The average molecular weight is 476 g/mol. The highest BCUT2D eigenvalue weighted by Gasteiger charge is 2.35. The maximum absolute atomic E-state index is 14.3. The molecule has 1 heterocycles. The molecule has 1 aromatic heterocycles. The molecule has 35 heavy (non-hydrogen) atoms. The van der Waals surface area contributed by atoms with Gasteiger partial charge in [0.2, 0.25) is 0 Å². The summed E-state index contributed by atoms with van der Waals surface area (Å²) in [5, 5.41) is 11.5. The third-order valence-electron chi connectivity index (χ3n) is 7.90. The van der Waals surface area contributed by atoms with Crippen molar-refractivity contribution in [3.05, 3.63) is 58.7 Å². The number of nitriles is 1. The Balaban J connectivity index is 0.000000239. The summed E-state index contributed by atoms with van der Waals surface area (Å²) < 4.78 is 14.3. The van der Waals surface area contributed by atoms with E-state index in [-0.39, 0.29) is 5.82 Å². The van der Waals surface area contributed by atoms with Gasteiger partial charge in [0, 0.05) is 48.8 Å². The van der Waals surface area contributed by atoms with Gasteiger partial charge in [-0.15, -0.1) is 0 Å². The van der Waals surface area contributed by atoms with Crippen molar-refractivity contribution in [3.8, 4) is 6.07 Å². The predicted octanol–water partition coefficient (Wildman–Crippen LogP) is 6.63. The molecule has 6 rings (SSSR count). The molecule has 6 heteroatoms. The lowest BCUT2D eigenvalue weighted by Gasteiger charge is -2.39. The van der Waals surface area contributed by atoms with Crippen LogP contribution >= 0.6 is 0 Å². The monoisotopic (exact) mass is 475 g/mol. The van der Waals surface area contributed by atoms with E-state index in [1.165, 1.54) is 37.7 Å². The van der Waals surface area contributed by atoms with Crippen LogP contribution in [0.3, 0.4) is 0 Å². The smallest absolute Gasteiger partial charge is 0.152 e. The van der Waals surface area contributed by atoms with Crippen LogP contribution in [0.4, 0.5) is 4.39 Å². The number of aryl methyl sites for hydroxylation is 1. The number of fused-ring (bicyclic) bond motifs is 4. The quantitative estimate of drug-likeness (QED) is 0.297. The molecule has 3 saturated carbocycles. The lowest BCUT2D eigenvalue weighted by molar-refractivity contribution is 0.132. The molecule has 0 saturated heterocycles. The third kappa shape index (κ3) is 5.51. The Bertz CT molecular complexity index is 1190. The van der Waals surface area contributed by atoms with E-state index in [1.54, 1.807) is 6.07 Å². The van der Waals surface area contributed by atoms with E-state index in [1.807, 2.05) is 38.3 Å². The number of H-pyrrole nitrogens is 1. The molecule has 0 spiro atoms. The molecular weight excluding hydrogens is 437 g/mol. The highest BCUT2D eigenvalue weighted by Crippen LogP contribution is 2.44. The summed E-state index contributed by atoms with van der Waals surface area (Å²) in [7, 11) is 3.76. The van der Waals surface area contributed by atoms with E-state index in [9.17, 15) is 4.39 Å². The van der Waals surface area contributed by atoms with Crippen LogP contribution in [0.5, 0.6) is 0 Å². The summed E-state index contributed by atoms with van der Waals surface area (Å²) in [6.45, 7) is 6.17. The zero-order chi connectivity index (χ0) is 25.1. The summed E-state index contributed by atoms with van der Waals surface area (Å²) in [6.07, 6.45) is 13.9. The number of allylic oxidation sites excluding steroid dienone is 4. The minimum absolute atomic E-state index is 0.239. The minimum atomic E-state index is -0.239. The van der Waals surface area contributed by atoms with Gasteiger partial charge in [0.1, 0.15) is 5.82 Å². The fourth-order valence-corrected chi connectivity index (χ4v) is 5.65. The van der Waals surface area contributed by atoms with Crippen molar-refractivity contribution in [1.82, 2.24) is 15.4 Å². The normalized spacial score (nSPS) is 25.9. The van der Waals surface area contributed by atoms with E-state index < -0.39 is 0 Å². The highest BCUT2D eigenvalue weighted by molar-refractivity contribution is 6.09. The lowest BCUT2D eigenvalue weighted by Crippen LogP contribution is -2.37. The van der Waals surface area contributed by atoms with Crippen molar-refractivity contribution in [2.75, 3.05) is 14.1 Å². The second kappa shape index (κ2) is 10.8. The van der Waals surface area contributed by atoms with E-state index in [0.29, 0.717) is 17.4 Å². The number of aromatic amines is 1. The third-order valence-corrected chi connectivity index (χ3v) is 7.90. The number of nitrogens with one attached hydrogen (secondary N) is 2.